The van der Waals surface area contributed by atoms with Crippen LogP contribution in [0.15, 0.2) is 54.7 Å². The van der Waals surface area contributed by atoms with E-state index in [0.29, 0.717) is 12.8 Å². The molecule has 0 aliphatic rings. The van der Waals surface area contributed by atoms with E-state index in [2.05, 4.69) is 43.1 Å². The van der Waals surface area contributed by atoms with Crippen molar-refractivity contribution in [1.82, 2.24) is 10.2 Å². The zero-order valence-corrected chi connectivity index (χ0v) is 14.4. The first-order valence-corrected chi connectivity index (χ1v) is 8.24. The van der Waals surface area contributed by atoms with Crippen LogP contribution in [-0.4, -0.2) is 16.0 Å². The van der Waals surface area contributed by atoms with Crippen LogP contribution in [-0.2, 0) is 23.1 Å². The highest BCUT2D eigenvalue weighted by Crippen LogP contribution is 2.22. The van der Waals surface area contributed by atoms with Gasteiger partial charge in [-0.05, 0) is 16.5 Å². The molecule has 1 heterocycles. The number of ketones is 1. The van der Waals surface area contributed by atoms with Crippen LogP contribution < -0.4 is 0 Å². The van der Waals surface area contributed by atoms with E-state index in [9.17, 15) is 4.79 Å². The Labute approximate surface area is 142 Å². The van der Waals surface area contributed by atoms with Crippen molar-refractivity contribution in [2.45, 2.75) is 39.0 Å². The molecule has 122 valence electrons. The normalized spacial score (nSPS) is 11.6. The minimum atomic E-state index is 0.126. The van der Waals surface area contributed by atoms with Crippen molar-refractivity contribution in [2.75, 3.05) is 0 Å². The highest BCUT2D eigenvalue weighted by Gasteiger charge is 2.14. The maximum Gasteiger partial charge on any atom is 0.143 e. The van der Waals surface area contributed by atoms with Crippen molar-refractivity contribution < 1.29 is 4.79 Å². The van der Waals surface area contributed by atoms with Crippen molar-refractivity contribution in [3.8, 4) is 0 Å². The van der Waals surface area contributed by atoms with Crippen LogP contribution in [0.5, 0.6) is 0 Å². The number of hydrogen-bond acceptors (Lipinski definition) is 3. The van der Waals surface area contributed by atoms with Crippen LogP contribution >= 0.6 is 0 Å². The summed E-state index contributed by atoms with van der Waals surface area (Å²) in [6.07, 6.45) is 2.47. The quantitative estimate of drug-likeness (QED) is 0.721. The predicted molar refractivity (Wildman–Crippen MR) is 97.1 cm³/mol. The standard InChI is InChI=1S/C21H22N2O/c1-21(2,3)17-10-8-15(9-11-17)12-18(24)13-20-19-7-5-4-6-16(19)14-22-23-20/h4-11,14H,12-13H2,1-3H3. The second-order valence-corrected chi connectivity index (χ2v) is 7.22. The van der Waals surface area contributed by atoms with E-state index < -0.39 is 0 Å². The van der Waals surface area contributed by atoms with E-state index in [1.807, 2.05) is 36.4 Å². The number of aromatic nitrogens is 2. The third-order valence-electron chi connectivity index (χ3n) is 4.23. The van der Waals surface area contributed by atoms with Gasteiger partial charge >= 0.3 is 0 Å². The number of fused-ring (bicyclic) bond motifs is 1. The molecule has 0 fully saturated rings. The van der Waals surface area contributed by atoms with Crippen LogP contribution in [0.3, 0.4) is 0 Å². The zero-order chi connectivity index (χ0) is 17.2. The van der Waals surface area contributed by atoms with E-state index in [1.165, 1.54) is 5.56 Å². The van der Waals surface area contributed by atoms with E-state index in [0.717, 1.165) is 22.0 Å². The highest BCUT2D eigenvalue weighted by molar-refractivity contribution is 5.89. The SMILES string of the molecule is CC(C)(C)c1ccc(CC(=O)Cc2nncc3ccccc23)cc1. The van der Waals surface area contributed by atoms with Crippen LogP contribution in [0.25, 0.3) is 10.8 Å². The molecule has 0 amide bonds. The molecule has 0 unspecified atom stereocenters. The number of hydrogen-bond donors (Lipinski definition) is 0. The third kappa shape index (κ3) is 3.67. The summed E-state index contributed by atoms with van der Waals surface area (Å²) >= 11 is 0. The van der Waals surface area contributed by atoms with Gasteiger partial charge in [-0.1, -0.05) is 69.3 Å². The molecule has 2 aromatic carbocycles. The maximum absolute atomic E-state index is 12.4. The lowest BCUT2D eigenvalue weighted by atomic mass is 9.86. The Morgan fingerprint density at radius 2 is 1.67 bits per heavy atom. The fourth-order valence-corrected chi connectivity index (χ4v) is 2.82. The minimum absolute atomic E-state index is 0.126. The Hall–Kier alpha value is -2.55. The van der Waals surface area contributed by atoms with Crippen molar-refractivity contribution in [2.24, 2.45) is 0 Å². The second-order valence-electron chi connectivity index (χ2n) is 7.22. The van der Waals surface area contributed by atoms with Gasteiger partial charge in [0, 0.05) is 17.2 Å². The van der Waals surface area contributed by atoms with Crippen LogP contribution in [0.4, 0.5) is 0 Å². The summed E-state index contributed by atoms with van der Waals surface area (Å²) in [5, 5.41) is 10.2. The first-order chi connectivity index (χ1) is 11.4. The minimum Gasteiger partial charge on any atom is -0.299 e. The van der Waals surface area contributed by atoms with Gasteiger partial charge in [-0.2, -0.15) is 10.2 Å². The molecular formula is C21H22N2O. The Bertz CT molecular complexity index is 856. The summed E-state index contributed by atoms with van der Waals surface area (Å²) in [7, 11) is 0. The summed E-state index contributed by atoms with van der Waals surface area (Å²) in [4.78, 5) is 12.4. The van der Waals surface area contributed by atoms with Crippen molar-refractivity contribution in [1.29, 1.82) is 0 Å². The number of rotatable bonds is 4. The molecular weight excluding hydrogens is 296 g/mol. The first-order valence-electron chi connectivity index (χ1n) is 8.24. The monoisotopic (exact) mass is 318 g/mol. The Balaban J connectivity index is 1.73. The average Bonchev–Trinajstić information content (AvgIpc) is 2.55. The molecule has 0 bridgehead atoms. The second kappa shape index (κ2) is 6.52. The topological polar surface area (TPSA) is 42.9 Å². The first kappa shape index (κ1) is 16.3. The van der Waals surface area contributed by atoms with Crippen LogP contribution in [0, 0.1) is 0 Å². The Morgan fingerprint density at radius 3 is 2.38 bits per heavy atom. The van der Waals surface area contributed by atoms with E-state index >= 15 is 0 Å². The van der Waals surface area contributed by atoms with E-state index in [1.54, 1.807) is 6.20 Å². The zero-order valence-electron chi connectivity index (χ0n) is 14.4. The van der Waals surface area contributed by atoms with E-state index in [4.69, 9.17) is 0 Å². The lowest BCUT2D eigenvalue weighted by Crippen LogP contribution is -2.12. The lowest BCUT2D eigenvalue weighted by Gasteiger charge is -2.19. The Morgan fingerprint density at radius 1 is 0.958 bits per heavy atom. The summed E-state index contributed by atoms with van der Waals surface area (Å²) in [6, 6.07) is 16.2. The molecule has 1 aromatic heterocycles. The molecule has 0 N–H and O–H groups in total. The fraction of sp³-hybridized carbons (Fsp3) is 0.286. The molecule has 24 heavy (non-hydrogen) atoms. The lowest BCUT2D eigenvalue weighted by molar-refractivity contribution is -0.117. The third-order valence-corrected chi connectivity index (χ3v) is 4.23. The summed E-state index contributed by atoms with van der Waals surface area (Å²) in [5.41, 5.74) is 3.20. The van der Waals surface area contributed by atoms with Crippen molar-refractivity contribution in [3.63, 3.8) is 0 Å². The molecule has 0 aliphatic heterocycles. The molecule has 3 heteroatoms. The van der Waals surface area contributed by atoms with Crippen LogP contribution in [0.1, 0.15) is 37.6 Å². The molecule has 3 rings (SSSR count). The summed E-state index contributed by atoms with van der Waals surface area (Å²) < 4.78 is 0. The van der Waals surface area contributed by atoms with Gasteiger partial charge in [0.05, 0.1) is 18.3 Å². The summed E-state index contributed by atoms with van der Waals surface area (Å²) in [5.74, 6) is 0.157. The number of benzene rings is 2. The van der Waals surface area contributed by atoms with Gasteiger partial charge in [0.15, 0.2) is 0 Å². The molecule has 0 atom stereocenters. The van der Waals surface area contributed by atoms with Gasteiger partial charge in [0.25, 0.3) is 0 Å². The van der Waals surface area contributed by atoms with Gasteiger partial charge in [0.2, 0.25) is 0 Å². The van der Waals surface area contributed by atoms with Crippen LogP contribution in [0.2, 0.25) is 0 Å². The van der Waals surface area contributed by atoms with Gasteiger partial charge in [-0.3, -0.25) is 4.79 Å². The fourth-order valence-electron chi connectivity index (χ4n) is 2.82. The van der Waals surface area contributed by atoms with Gasteiger partial charge in [-0.15, -0.1) is 0 Å². The predicted octanol–water partition coefficient (Wildman–Crippen LogP) is 4.28. The highest BCUT2D eigenvalue weighted by atomic mass is 16.1. The number of carbonyl (C=O) groups excluding carboxylic acids is 1. The number of Topliss-reactive ketones (excluding diaryl/α,β-unsaturated/α-hetero) is 1. The largest absolute Gasteiger partial charge is 0.299 e. The molecule has 0 spiro atoms. The molecule has 3 aromatic rings. The van der Waals surface area contributed by atoms with E-state index in [-0.39, 0.29) is 11.2 Å². The molecule has 0 aliphatic carbocycles. The van der Waals surface area contributed by atoms with Crippen molar-refractivity contribution >= 4 is 16.6 Å². The van der Waals surface area contributed by atoms with Gasteiger partial charge in [-0.25, -0.2) is 0 Å². The molecule has 3 nitrogen and oxygen atoms in total. The molecule has 0 saturated heterocycles. The van der Waals surface area contributed by atoms with Crippen molar-refractivity contribution in [3.05, 3.63) is 71.5 Å². The van der Waals surface area contributed by atoms with Gasteiger partial charge in [0.1, 0.15) is 5.78 Å². The maximum atomic E-state index is 12.4. The van der Waals surface area contributed by atoms with Gasteiger partial charge < -0.3 is 0 Å². The average molecular weight is 318 g/mol. The molecule has 0 radical (unpaired) electrons. The smallest absolute Gasteiger partial charge is 0.143 e. The number of carbonyl (C=O) groups is 1. The number of nitrogens with zero attached hydrogens (tertiary/aromatic N) is 2. The Kier molecular flexibility index (Phi) is 4.43. The molecule has 0 saturated carbocycles. The summed E-state index contributed by atoms with van der Waals surface area (Å²) in [6.45, 7) is 6.56.